The molecule has 1 aromatic rings. The van der Waals surface area contributed by atoms with Crippen LogP contribution in [0.3, 0.4) is 0 Å². The Morgan fingerprint density at radius 3 is 3.00 bits per heavy atom. The second-order valence-corrected chi connectivity index (χ2v) is 4.68. The van der Waals surface area contributed by atoms with Crippen molar-refractivity contribution in [3.8, 4) is 0 Å². The number of hydrogen-bond acceptors (Lipinski definition) is 3. The first-order valence-corrected chi connectivity index (χ1v) is 6.38. The number of nitrogens with zero attached hydrogens (tertiary/aromatic N) is 1. The van der Waals surface area contributed by atoms with Crippen LogP contribution in [-0.4, -0.2) is 11.6 Å². The van der Waals surface area contributed by atoms with E-state index in [9.17, 15) is 0 Å². The number of alkyl halides is 1. The highest BCUT2D eigenvalue weighted by Gasteiger charge is 2.34. The van der Waals surface area contributed by atoms with Gasteiger partial charge in [-0.25, -0.2) is 4.98 Å². The summed E-state index contributed by atoms with van der Waals surface area (Å²) in [5.74, 6) is 1.20. The maximum atomic E-state index is 5.72. The van der Waals surface area contributed by atoms with Gasteiger partial charge >= 0.3 is 0 Å². The summed E-state index contributed by atoms with van der Waals surface area (Å²) in [5.41, 5.74) is 0.969. The Labute approximate surface area is 93.3 Å². The van der Waals surface area contributed by atoms with Crippen LogP contribution in [0.25, 0.3) is 0 Å². The van der Waals surface area contributed by atoms with Gasteiger partial charge in [-0.1, -0.05) is 0 Å². The van der Waals surface area contributed by atoms with E-state index in [4.69, 9.17) is 16.3 Å². The molecule has 1 saturated carbocycles. The van der Waals surface area contributed by atoms with Gasteiger partial charge in [0.05, 0.1) is 11.6 Å². The van der Waals surface area contributed by atoms with Crippen molar-refractivity contribution >= 4 is 22.9 Å². The van der Waals surface area contributed by atoms with Gasteiger partial charge in [-0.3, -0.25) is 0 Å². The molecule has 0 N–H and O–H groups in total. The normalized spacial score (nSPS) is 18.4. The standard InChI is InChI=1S/C10H14ClNOS/c1-2-13-9(7-3-4-7)10-12-8(5-11)6-14-10/h6-7,9H,2-5H2,1H3. The molecule has 1 aliphatic carbocycles. The molecule has 1 fully saturated rings. The van der Waals surface area contributed by atoms with E-state index in [-0.39, 0.29) is 6.10 Å². The lowest BCUT2D eigenvalue weighted by Gasteiger charge is -2.12. The molecule has 1 unspecified atom stereocenters. The SMILES string of the molecule is CCOC(c1nc(CCl)cs1)C1CC1. The van der Waals surface area contributed by atoms with Crippen molar-refractivity contribution in [1.29, 1.82) is 0 Å². The van der Waals surface area contributed by atoms with Crippen LogP contribution in [0.1, 0.15) is 36.6 Å². The van der Waals surface area contributed by atoms with E-state index < -0.39 is 0 Å². The maximum Gasteiger partial charge on any atom is 0.122 e. The quantitative estimate of drug-likeness (QED) is 0.725. The Balaban J connectivity index is 2.08. The van der Waals surface area contributed by atoms with Crippen LogP contribution in [0, 0.1) is 5.92 Å². The lowest BCUT2D eigenvalue weighted by atomic mass is 10.2. The second kappa shape index (κ2) is 4.60. The third-order valence-corrected chi connectivity index (χ3v) is 3.58. The minimum absolute atomic E-state index is 0.224. The van der Waals surface area contributed by atoms with Crippen molar-refractivity contribution in [2.75, 3.05) is 6.61 Å². The predicted octanol–water partition coefficient (Wildman–Crippen LogP) is 3.37. The van der Waals surface area contributed by atoms with Crippen molar-refractivity contribution < 1.29 is 4.74 Å². The highest BCUT2D eigenvalue weighted by atomic mass is 35.5. The van der Waals surface area contributed by atoms with Gasteiger partial charge in [-0.15, -0.1) is 22.9 Å². The average Bonchev–Trinajstić information content (AvgIpc) is 2.92. The van der Waals surface area contributed by atoms with Crippen molar-refractivity contribution in [1.82, 2.24) is 4.98 Å². The lowest BCUT2D eigenvalue weighted by molar-refractivity contribution is 0.0461. The van der Waals surface area contributed by atoms with Gasteiger partial charge < -0.3 is 4.74 Å². The first-order chi connectivity index (χ1) is 6.85. The topological polar surface area (TPSA) is 22.1 Å². The third kappa shape index (κ3) is 2.27. The van der Waals surface area contributed by atoms with Crippen LogP contribution in [0.4, 0.5) is 0 Å². The largest absolute Gasteiger partial charge is 0.371 e. The highest BCUT2D eigenvalue weighted by molar-refractivity contribution is 7.09. The lowest BCUT2D eigenvalue weighted by Crippen LogP contribution is -2.06. The summed E-state index contributed by atoms with van der Waals surface area (Å²) < 4.78 is 5.71. The van der Waals surface area contributed by atoms with Crippen molar-refractivity contribution in [3.63, 3.8) is 0 Å². The van der Waals surface area contributed by atoms with Gasteiger partial charge in [0, 0.05) is 12.0 Å². The molecule has 1 aliphatic rings. The Bertz CT molecular complexity index is 298. The third-order valence-electron chi connectivity index (χ3n) is 2.35. The van der Waals surface area contributed by atoms with Crippen LogP contribution >= 0.6 is 22.9 Å². The number of aromatic nitrogens is 1. The number of halogens is 1. The summed E-state index contributed by atoms with van der Waals surface area (Å²) in [6.45, 7) is 2.79. The van der Waals surface area contributed by atoms with E-state index in [0.29, 0.717) is 11.8 Å². The van der Waals surface area contributed by atoms with Crippen LogP contribution in [0.2, 0.25) is 0 Å². The van der Waals surface area contributed by atoms with E-state index in [1.807, 2.05) is 12.3 Å². The van der Waals surface area contributed by atoms with Crippen molar-refractivity contribution in [2.45, 2.75) is 31.7 Å². The van der Waals surface area contributed by atoms with Crippen LogP contribution in [0.15, 0.2) is 5.38 Å². The van der Waals surface area contributed by atoms with Gasteiger partial charge in [0.2, 0.25) is 0 Å². The molecular weight excluding hydrogens is 218 g/mol. The summed E-state index contributed by atoms with van der Waals surface area (Å²) in [6, 6.07) is 0. The Morgan fingerprint density at radius 2 is 2.50 bits per heavy atom. The highest BCUT2D eigenvalue weighted by Crippen LogP contribution is 2.44. The van der Waals surface area contributed by atoms with E-state index in [1.165, 1.54) is 12.8 Å². The van der Waals surface area contributed by atoms with E-state index >= 15 is 0 Å². The Kier molecular flexibility index (Phi) is 3.42. The molecule has 0 radical (unpaired) electrons. The molecule has 0 saturated heterocycles. The van der Waals surface area contributed by atoms with Crippen LogP contribution in [0.5, 0.6) is 0 Å². The van der Waals surface area contributed by atoms with Crippen molar-refractivity contribution in [3.05, 3.63) is 16.1 Å². The Morgan fingerprint density at radius 1 is 1.71 bits per heavy atom. The van der Waals surface area contributed by atoms with Crippen LogP contribution in [-0.2, 0) is 10.6 Å². The summed E-state index contributed by atoms with van der Waals surface area (Å²) >= 11 is 7.39. The molecule has 1 heterocycles. The molecule has 0 aliphatic heterocycles. The first-order valence-electron chi connectivity index (χ1n) is 4.97. The molecule has 4 heteroatoms. The number of thiazole rings is 1. The van der Waals surface area contributed by atoms with Gasteiger partial charge in [0.1, 0.15) is 11.1 Å². The second-order valence-electron chi connectivity index (χ2n) is 3.52. The Hall–Kier alpha value is -0.120. The van der Waals surface area contributed by atoms with Gasteiger partial charge in [0.15, 0.2) is 0 Å². The summed E-state index contributed by atoms with van der Waals surface area (Å²) in [4.78, 5) is 4.47. The van der Waals surface area contributed by atoms with E-state index in [0.717, 1.165) is 17.3 Å². The zero-order valence-electron chi connectivity index (χ0n) is 8.20. The molecule has 1 aromatic heterocycles. The zero-order valence-corrected chi connectivity index (χ0v) is 9.77. The predicted molar refractivity (Wildman–Crippen MR) is 58.8 cm³/mol. The van der Waals surface area contributed by atoms with E-state index in [1.54, 1.807) is 11.3 Å². The molecule has 0 bridgehead atoms. The fourth-order valence-corrected chi connectivity index (χ4v) is 2.69. The number of hydrogen-bond donors (Lipinski definition) is 0. The van der Waals surface area contributed by atoms with Crippen molar-refractivity contribution in [2.24, 2.45) is 5.92 Å². The van der Waals surface area contributed by atoms with Crippen LogP contribution < -0.4 is 0 Å². The summed E-state index contributed by atoms with van der Waals surface area (Å²) in [6.07, 6.45) is 2.78. The molecule has 1 atom stereocenters. The zero-order chi connectivity index (χ0) is 9.97. The molecule has 14 heavy (non-hydrogen) atoms. The number of rotatable bonds is 5. The van der Waals surface area contributed by atoms with Gasteiger partial charge in [0.25, 0.3) is 0 Å². The molecule has 0 spiro atoms. The smallest absolute Gasteiger partial charge is 0.122 e. The fraction of sp³-hybridized carbons (Fsp3) is 0.700. The molecule has 2 nitrogen and oxygen atoms in total. The number of ether oxygens (including phenoxy) is 1. The maximum absolute atomic E-state index is 5.72. The summed E-state index contributed by atoms with van der Waals surface area (Å²) in [5, 5.41) is 3.13. The summed E-state index contributed by atoms with van der Waals surface area (Å²) in [7, 11) is 0. The minimum atomic E-state index is 0.224. The monoisotopic (exact) mass is 231 g/mol. The molecule has 78 valence electrons. The molecule has 2 rings (SSSR count). The first kappa shape index (κ1) is 10.4. The van der Waals surface area contributed by atoms with Gasteiger partial charge in [-0.05, 0) is 25.7 Å². The molecule has 0 aromatic carbocycles. The fourth-order valence-electron chi connectivity index (χ4n) is 1.50. The van der Waals surface area contributed by atoms with Gasteiger partial charge in [-0.2, -0.15) is 0 Å². The minimum Gasteiger partial charge on any atom is -0.371 e. The molecular formula is C10H14ClNOS. The molecule has 0 amide bonds. The average molecular weight is 232 g/mol. The van der Waals surface area contributed by atoms with E-state index in [2.05, 4.69) is 4.98 Å².